The summed E-state index contributed by atoms with van der Waals surface area (Å²) < 4.78 is 4.76. The summed E-state index contributed by atoms with van der Waals surface area (Å²) in [4.78, 5) is 11.2. The van der Waals surface area contributed by atoms with E-state index in [1.54, 1.807) is 24.3 Å². The van der Waals surface area contributed by atoms with Crippen molar-refractivity contribution < 1.29 is 47.7 Å². The maximum absolute atomic E-state index is 11.2. The van der Waals surface area contributed by atoms with Gasteiger partial charge in [0.05, 0.1) is 5.88 Å². The first kappa shape index (κ1) is 16.9. The van der Waals surface area contributed by atoms with Crippen molar-refractivity contribution in [3.05, 3.63) is 29.3 Å². The zero-order valence-corrected chi connectivity index (χ0v) is 12.2. The van der Waals surface area contributed by atoms with Crippen LogP contribution in [0.3, 0.4) is 0 Å². The molecule has 1 amide bonds. The van der Waals surface area contributed by atoms with E-state index in [4.69, 9.17) is 27.9 Å². The molecule has 1 rings (SSSR count). The SMILES string of the molecule is O=C(Nc1cccc(Cl)c1)OCC#CCCl.[Dy]. The summed E-state index contributed by atoms with van der Waals surface area (Å²) in [6.07, 6.45) is -0.578. The molecule has 0 aliphatic carbocycles. The molecular formula is C11H9Cl2DyNO2. The van der Waals surface area contributed by atoms with Gasteiger partial charge in [0.2, 0.25) is 0 Å². The molecule has 0 heterocycles. The number of benzene rings is 1. The summed E-state index contributed by atoms with van der Waals surface area (Å²) in [5, 5.41) is 3.05. The van der Waals surface area contributed by atoms with E-state index in [-0.39, 0.29) is 50.7 Å². The molecule has 0 saturated carbocycles. The fourth-order valence-corrected chi connectivity index (χ4v) is 1.20. The minimum atomic E-state index is -0.578. The van der Waals surface area contributed by atoms with E-state index >= 15 is 0 Å². The van der Waals surface area contributed by atoms with Crippen molar-refractivity contribution in [3.63, 3.8) is 0 Å². The van der Waals surface area contributed by atoms with Crippen LogP contribution in [0.2, 0.25) is 5.02 Å². The van der Waals surface area contributed by atoms with E-state index in [1.807, 2.05) is 0 Å². The van der Waals surface area contributed by atoms with Crippen molar-refractivity contribution in [2.75, 3.05) is 17.8 Å². The maximum Gasteiger partial charge on any atom is 0.412 e. The summed E-state index contributed by atoms with van der Waals surface area (Å²) >= 11 is 11.1. The standard InChI is InChI=1S/C11H9Cl2NO2.Dy/c12-6-1-2-7-16-11(15)14-10-5-3-4-9(13)8-10;/h3-5,8H,6-7H2,(H,14,15);. The Morgan fingerprint density at radius 3 is 2.82 bits per heavy atom. The third-order valence-electron chi connectivity index (χ3n) is 1.54. The van der Waals surface area contributed by atoms with Crippen LogP contribution in [0.15, 0.2) is 24.3 Å². The molecule has 0 saturated heterocycles. The van der Waals surface area contributed by atoms with Gasteiger partial charge in [-0.25, -0.2) is 4.79 Å². The van der Waals surface area contributed by atoms with Gasteiger partial charge in [-0.1, -0.05) is 29.5 Å². The fourth-order valence-electron chi connectivity index (χ4n) is 0.920. The van der Waals surface area contributed by atoms with Crippen molar-refractivity contribution in [1.82, 2.24) is 0 Å². The number of carbonyl (C=O) groups excluding carboxylic acids is 1. The van der Waals surface area contributed by atoms with Crippen LogP contribution < -0.4 is 5.32 Å². The van der Waals surface area contributed by atoms with Crippen LogP contribution in [0.25, 0.3) is 0 Å². The number of halogens is 2. The number of carbonyl (C=O) groups is 1. The first-order chi connectivity index (χ1) is 7.72. The number of hydrogen-bond acceptors (Lipinski definition) is 2. The second-order valence-corrected chi connectivity index (χ2v) is 3.40. The molecule has 1 N–H and O–H groups in total. The van der Waals surface area contributed by atoms with Gasteiger partial charge in [0.15, 0.2) is 6.61 Å². The molecule has 6 heteroatoms. The summed E-state index contributed by atoms with van der Waals surface area (Å²) in [6, 6.07) is 6.76. The van der Waals surface area contributed by atoms with Crippen molar-refractivity contribution in [2.24, 2.45) is 0 Å². The van der Waals surface area contributed by atoms with Crippen molar-refractivity contribution in [2.45, 2.75) is 0 Å². The number of amides is 1. The smallest absolute Gasteiger partial charge is 0.412 e. The molecule has 0 fully saturated rings. The van der Waals surface area contributed by atoms with E-state index < -0.39 is 6.09 Å². The Morgan fingerprint density at radius 2 is 2.18 bits per heavy atom. The summed E-state index contributed by atoms with van der Waals surface area (Å²) in [7, 11) is 0. The Hall–Kier alpha value is -0.0973. The molecule has 0 spiro atoms. The van der Waals surface area contributed by atoms with E-state index in [0.717, 1.165) is 0 Å². The second kappa shape index (κ2) is 9.88. The van der Waals surface area contributed by atoms with E-state index in [0.29, 0.717) is 10.7 Å². The van der Waals surface area contributed by atoms with Crippen molar-refractivity contribution in [1.29, 1.82) is 0 Å². The third-order valence-corrected chi connectivity index (χ3v) is 1.91. The quantitative estimate of drug-likeness (QED) is 0.590. The van der Waals surface area contributed by atoms with Gasteiger partial charge in [-0.2, -0.15) is 0 Å². The van der Waals surface area contributed by atoms with Gasteiger partial charge in [0.1, 0.15) is 0 Å². The van der Waals surface area contributed by atoms with Gasteiger partial charge in [-0.3, -0.25) is 5.32 Å². The number of alkyl halides is 1. The molecule has 17 heavy (non-hydrogen) atoms. The number of anilines is 1. The Balaban J connectivity index is 0.00000256. The Labute approximate surface area is 140 Å². The molecule has 3 nitrogen and oxygen atoms in total. The topological polar surface area (TPSA) is 38.3 Å². The number of rotatable bonds is 2. The minimum absolute atomic E-state index is 0. The molecule has 1 aromatic carbocycles. The van der Waals surface area contributed by atoms with Gasteiger partial charge >= 0.3 is 6.09 Å². The molecule has 0 atom stereocenters. The predicted molar refractivity (Wildman–Crippen MR) is 64.9 cm³/mol. The first-order valence-corrected chi connectivity index (χ1v) is 5.34. The van der Waals surface area contributed by atoms with Gasteiger partial charge in [0.25, 0.3) is 0 Å². The van der Waals surface area contributed by atoms with Crippen LogP contribution in [-0.2, 0) is 4.74 Å². The second-order valence-electron chi connectivity index (χ2n) is 2.70. The number of hydrogen-bond donors (Lipinski definition) is 1. The van der Waals surface area contributed by atoms with Crippen LogP contribution in [0, 0.1) is 50.0 Å². The molecule has 0 unspecified atom stereocenters. The average Bonchev–Trinajstić information content (AvgIpc) is 2.24. The molecule has 1 aromatic rings. The monoisotopic (exact) mass is 421 g/mol. The van der Waals surface area contributed by atoms with E-state index in [1.165, 1.54) is 0 Å². The molecule has 0 aliphatic heterocycles. The Morgan fingerprint density at radius 1 is 1.41 bits per heavy atom. The largest absolute Gasteiger partial charge is 0.436 e. The number of nitrogens with one attached hydrogen (secondary N) is 1. The van der Waals surface area contributed by atoms with Crippen molar-refractivity contribution in [3.8, 4) is 11.8 Å². The Kier molecular flexibility index (Phi) is 9.83. The predicted octanol–water partition coefficient (Wildman–Crippen LogP) is 3.13. The van der Waals surface area contributed by atoms with Crippen LogP contribution >= 0.6 is 23.2 Å². The van der Waals surface area contributed by atoms with Gasteiger partial charge in [-0.05, 0) is 18.2 Å². The van der Waals surface area contributed by atoms with Crippen LogP contribution in [-0.4, -0.2) is 18.6 Å². The third kappa shape index (κ3) is 7.76. The average molecular weight is 421 g/mol. The Bertz CT molecular complexity index is 429. The maximum atomic E-state index is 11.2. The summed E-state index contributed by atoms with van der Waals surface area (Å²) in [6.45, 7) is 0.0130. The van der Waals surface area contributed by atoms with Gasteiger partial charge in [0, 0.05) is 48.9 Å². The van der Waals surface area contributed by atoms with Crippen LogP contribution in [0.5, 0.6) is 0 Å². The first-order valence-electron chi connectivity index (χ1n) is 4.43. The molecule has 0 aromatic heterocycles. The molecule has 0 radical (unpaired) electrons. The van der Waals surface area contributed by atoms with E-state index in [2.05, 4.69) is 17.2 Å². The zero-order valence-electron chi connectivity index (χ0n) is 8.61. The molecule has 0 bridgehead atoms. The molecule has 94 valence electrons. The van der Waals surface area contributed by atoms with Crippen molar-refractivity contribution >= 4 is 35.0 Å². The van der Waals surface area contributed by atoms with E-state index in [9.17, 15) is 4.79 Å². The van der Waals surface area contributed by atoms with Crippen LogP contribution in [0.1, 0.15) is 0 Å². The molecule has 0 aliphatic rings. The van der Waals surface area contributed by atoms with Gasteiger partial charge in [-0.15, -0.1) is 11.6 Å². The van der Waals surface area contributed by atoms with Crippen LogP contribution in [0.4, 0.5) is 10.5 Å². The minimum Gasteiger partial charge on any atom is -0.436 e. The molecular weight excluding hydrogens is 412 g/mol. The van der Waals surface area contributed by atoms with Gasteiger partial charge < -0.3 is 4.74 Å². The fraction of sp³-hybridized carbons (Fsp3) is 0.182. The zero-order chi connectivity index (χ0) is 11.8. The summed E-state index contributed by atoms with van der Waals surface area (Å²) in [5.41, 5.74) is 0.572. The normalized spacial score (nSPS) is 8.35. The summed E-state index contributed by atoms with van der Waals surface area (Å²) in [5.74, 6) is 5.36. The number of ether oxygens (including phenoxy) is 1.